The Morgan fingerprint density at radius 1 is 1.04 bits per heavy atom. The third-order valence-corrected chi connectivity index (χ3v) is 6.97. The van der Waals surface area contributed by atoms with Gasteiger partial charge in [0.15, 0.2) is 0 Å². The number of carbonyl (C=O) groups is 1. The van der Waals surface area contributed by atoms with Crippen LogP contribution >= 0.6 is 11.8 Å². The van der Waals surface area contributed by atoms with Gasteiger partial charge >= 0.3 is 0 Å². The summed E-state index contributed by atoms with van der Waals surface area (Å²) in [7, 11) is -3.65. The lowest BCUT2D eigenvalue weighted by Gasteiger charge is -2.30. The predicted octanol–water partition coefficient (Wildman–Crippen LogP) is 4.08. The summed E-state index contributed by atoms with van der Waals surface area (Å²) in [4.78, 5) is 15.7. The molecule has 2 aromatic carbocycles. The molecule has 0 spiro atoms. The molecule has 0 radical (unpaired) electrons. The molecular weight excluding hydrogens is 380 g/mol. The van der Waals surface area contributed by atoms with Crippen molar-refractivity contribution < 1.29 is 13.2 Å². The number of likely N-dealkylation sites (tertiary alicyclic amines) is 1. The minimum Gasteiger partial charge on any atom is -0.339 e. The molecule has 0 unspecified atom stereocenters. The van der Waals surface area contributed by atoms with E-state index in [4.69, 9.17) is 0 Å². The number of anilines is 1. The SMILES string of the molecule is CSc1ccc(S(=O)(=O)Nc2ccc(C(=O)N3CCC(C)CC3)cc2)cc1. The van der Waals surface area contributed by atoms with Crippen LogP contribution in [0.4, 0.5) is 5.69 Å². The van der Waals surface area contributed by atoms with E-state index in [9.17, 15) is 13.2 Å². The molecule has 1 fully saturated rings. The lowest BCUT2D eigenvalue weighted by Crippen LogP contribution is -2.37. The Hall–Kier alpha value is -1.99. The monoisotopic (exact) mass is 404 g/mol. The first-order valence-corrected chi connectivity index (χ1v) is 11.7. The largest absolute Gasteiger partial charge is 0.339 e. The Balaban J connectivity index is 1.68. The van der Waals surface area contributed by atoms with Gasteiger partial charge in [-0.3, -0.25) is 9.52 Å². The number of carbonyl (C=O) groups excluding carboxylic acids is 1. The summed E-state index contributed by atoms with van der Waals surface area (Å²) in [6.07, 6.45) is 3.99. The molecule has 1 N–H and O–H groups in total. The minimum absolute atomic E-state index is 0.00367. The smallest absolute Gasteiger partial charge is 0.261 e. The van der Waals surface area contributed by atoms with Gasteiger partial charge in [0.1, 0.15) is 0 Å². The summed E-state index contributed by atoms with van der Waals surface area (Å²) in [6.45, 7) is 3.76. The summed E-state index contributed by atoms with van der Waals surface area (Å²) >= 11 is 1.56. The molecule has 1 heterocycles. The van der Waals surface area contributed by atoms with Crippen LogP contribution in [0.25, 0.3) is 0 Å². The van der Waals surface area contributed by atoms with E-state index >= 15 is 0 Å². The first-order valence-electron chi connectivity index (χ1n) is 8.95. The molecule has 0 atom stereocenters. The zero-order valence-electron chi connectivity index (χ0n) is 15.5. The predicted molar refractivity (Wildman–Crippen MR) is 110 cm³/mol. The van der Waals surface area contributed by atoms with Crippen LogP contribution in [0.5, 0.6) is 0 Å². The van der Waals surface area contributed by atoms with Crippen LogP contribution in [0.2, 0.25) is 0 Å². The van der Waals surface area contributed by atoms with Crippen molar-refractivity contribution in [1.82, 2.24) is 4.90 Å². The zero-order valence-corrected chi connectivity index (χ0v) is 17.1. The molecule has 1 amide bonds. The number of hydrogen-bond acceptors (Lipinski definition) is 4. The van der Waals surface area contributed by atoms with Crippen molar-refractivity contribution in [3.63, 3.8) is 0 Å². The second kappa shape index (κ2) is 8.35. The highest BCUT2D eigenvalue weighted by atomic mass is 32.2. The van der Waals surface area contributed by atoms with Gasteiger partial charge in [0.25, 0.3) is 15.9 Å². The summed E-state index contributed by atoms with van der Waals surface area (Å²) in [5.74, 6) is 0.666. The average Bonchev–Trinajstić information content (AvgIpc) is 2.68. The number of sulfonamides is 1. The molecule has 144 valence electrons. The summed E-state index contributed by atoms with van der Waals surface area (Å²) in [5.41, 5.74) is 1.02. The van der Waals surface area contributed by atoms with Gasteiger partial charge < -0.3 is 4.90 Å². The van der Waals surface area contributed by atoms with Crippen LogP contribution in [-0.2, 0) is 10.0 Å². The van der Waals surface area contributed by atoms with Crippen molar-refractivity contribution in [2.24, 2.45) is 5.92 Å². The molecule has 0 saturated carbocycles. The zero-order chi connectivity index (χ0) is 19.4. The fraction of sp³-hybridized carbons (Fsp3) is 0.350. The lowest BCUT2D eigenvalue weighted by molar-refractivity contribution is 0.0697. The van der Waals surface area contributed by atoms with Crippen LogP contribution in [0, 0.1) is 5.92 Å². The number of rotatable bonds is 5. The van der Waals surface area contributed by atoms with Gasteiger partial charge in [-0.25, -0.2) is 8.42 Å². The number of nitrogens with zero attached hydrogens (tertiary/aromatic N) is 1. The van der Waals surface area contributed by atoms with Gasteiger partial charge in [-0.2, -0.15) is 0 Å². The van der Waals surface area contributed by atoms with Crippen molar-refractivity contribution in [1.29, 1.82) is 0 Å². The van der Waals surface area contributed by atoms with Gasteiger partial charge in [-0.05, 0) is 73.5 Å². The van der Waals surface area contributed by atoms with Crippen molar-refractivity contribution in [2.45, 2.75) is 29.6 Å². The van der Waals surface area contributed by atoms with Crippen molar-refractivity contribution in [3.8, 4) is 0 Å². The molecule has 0 bridgehead atoms. The number of amides is 1. The van der Waals surface area contributed by atoms with E-state index in [2.05, 4.69) is 11.6 Å². The molecule has 2 aromatic rings. The fourth-order valence-corrected chi connectivity index (χ4v) is 4.51. The van der Waals surface area contributed by atoms with Crippen molar-refractivity contribution in [3.05, 3.63) is 54.1 Å². The molecule has 27 heavy (non-hydrogen) atoms. The van der Waals surface area contributed by atoms with Crippen molar-refractivity contribution in [2.75, 3.05) is 24.1 Å². The molecule has 1 aliphatic heterocycles. The second-order valence-corrected chi connectivity index (χ2v) is 9.40. The van der Waals surface area contributed by atoms with E-state index in [0.717, 1.165) is 30.8 Å². The molecule has 3 rings (SSSR count). The van der Waals surface area contributed by atoms with E-state index in [-0.39, 0.29) is 10.8 Å². The van der Waals surface area contributed by atoms with Gasteiger partial charge in [0.2, 0.25) is 0 Å². The Morgan fingerprint density at radius 3 is 2.19 bits per heavy atom. The summed E-state index contributed by atoms with van der Waals surface area (Å²) < 4.78 is 27.6. The highest BCUT2D eigenvalue weighted by Crippen LogP contribution is 2.22. The van der Waals surface area contributed by atoms with Crippen LogP contribution in [0.15, 0.2) is 58.3 Å². The normalized spacial score (nSPS) is 15.6. The first kappa shape index (κ1) is 19.8. The van der Waals surface area contributed by atoms with Crippen LogP contribution in [0.3, 0.4) is 0 Å². The maximum atomic E-state index is 12.6. The third-order valence-electron chi connectivity index (χ3n) is 4.82. The number of benzene rings is 2. The molecule has 7 heteroatoms. The van der Waals surface area contributed by atoms with E-state index in [1.807, 2.05) is 11.2 Å². The van der Waals surface area contributed by atoms with E-state index < -0.39 is 10.0 Å². The Labute approximate surface area is 165 Å². The molecule has 5 nitrogen and oxygen atoms in total. The van der Waals surface area contributed by atoms with Gasteiger partial charge in [-0.15, -0.1) is 11.8 Å². The third kappa shape index (κ3) is 4.84. The molecular formula is C20H24N2O3S2. The topological polar surface area (TPSA) is 66.5 Å². The molecule has 0 aliphatic carbocycles. The lowest BCUT2D eigenvalue weighted by atomic mass is 9.98. The summed E-state index contributed by atoms with van der Waals surface area (Å²) in [5, 5.41) is 0. The fourth-order valence-electron chi connectivity index (χ4n) is 3.04. The summed E-state index contributed by atoms with van der Waals surface area (Å²) in [6, 6.07) is 13.3. The number of hydrogen-bond donors (Lipinski definition) is 1. The molecule has 0 aromatic heterocycles. The van der Waals surface area contributed by atoms with Gasteiger partial charge in [-0.1, -0.05) is 6.92 Å². The van der Waals surface area contributed by atoms with Crippen molar-refractivity contribution >= 4 is 33.4 Å². The number of nitrogens with one attached hydrogen (secondary N) is 1. The van der Waals surface area contributed by atoms with E-state index in [0.29, 0.717) is 17.2 Å². The van der Waals surface area contributed by atoms with Crippen LogP contribution < -0.4 is 4.72 Å². The van der Waals surface area contributed by atoms with Gasteiger partial charge in [0, 0.05) is 29.2 Å². The standard InChI is InChI=1S/C20H24N2O3S2/c1-15-11-13-22(14-12-15)20(23)16-3-5-17(6-4-16)21-27(24,25)19-9-7-18(26-2)8-10-19/h3-10,15,21H,11-14H2,1-2H3. The molecule has 1 saturated heterocycles. The maximum Gasteiger partial charge on any atom is 0.261 e. The number of piperidine rings is 1. The minimum atomic E-state index is -3.65. The first-order chi connectivity index (χ1) is 12.9. The van der Waals surface area contributed by atoms with E-state index in [1.165, 1.54) is 0 Å². The average molecular weight is 405 g/mol. The quantitative estimate of drug-likeness (QED) is 0.763. The van der Waals surface area contributed by atoms with Crippen LogP contribution in [-0.4, -0.2) is 38.6 Å². The Bertz CT molecular complexity index is 886. The second-order valence-electron chi connectivity index (χ2n) is 6.83. The van der Waals surface area contributed by atoms with Crippen LogP contribution in [0.1, 0.15) is 30.1 Å². The highest BCUT2D eigenvalue weighted by Gasteiger charge is 2.21. The van der Waals surface area contributed by atoms with Gasteiger partial charge in [0.05, 0.1) is 4.90 Å². The number of thioether (sulfide) groups is 1. The highest BCUT2D eigenvalue weighted by molar-refractivity contribution is 7.98. The Morgan fingerprint density at radius 2 is 1.63 bits per heavy atom. The molecule has 1 aliphatic rings. The van der Waals surface area contributed by atoms with E-state index in [1.54, 1.807) is 60.3 Å². The maximum absolute atomic E-state index is 12.6. The Kier molecular flexibility index (Phi) is 6.11.